The Balaban J connectivity index is 4.10. The molecule has 0 radical (unpaired) electrons. The average molecular weight is 238 g/mol. The molecule has 0 amide bonds. The Morgan fingerprint density at radius 3 is 2.33 bits per heavy atom. The van der Waals surface area contributed by atoms with Crippen LogP contribution in [0.4, 0.5) is 0 Å². The summed E-state index contributed by atoms with van der Waals surface area (Å²) < 4.78 is 27.9. The van der Waals surface area contributed by atoms with Crippen molar-refractivity contribution < 1.29 is 13.5 Å². The second-order valence-corrected chi connectivity index (χ2v) is 5.51. The highest BCUT2D eigenvalue weighted by atomic mass is 32.2. The van der Waals surface area contributed by atoms with Gasteiger partial charge in [-0.1, -0.05) is 20.8 Å². The van der Waals surface area contributed by atoms with Crippen molar-refractivity contribution in [1.82, 2.24) is 9.44 Å². The van der Waals surface area contributed by atoms with Crippen LogP contribution in [0.3, 0.4) is 0 Å². The summed E-state index contributed by atoms with van der Waals surface area (Å²) in [6.07, 6.45) is 1.11. The molecule has 0 aromatic rings. The molecule has 6 heteroatoms. The molecular weight excluding hydrogens is 216 g/mol. The zero-order valence-corrected chi connectivity index (χ0v) is 10.5. The summed E-state index contributed by atoms with van der Waals surface area (Å²) in [4.78, 5) is 0. The fourth-order valence-electron chi connectivity index (χ4n) is 1.04. The molecule has 92 valence electrons. The first kappa shape index (κ1) is 14.8. The first-order valence-electron chi connectivity index (χ1n) is 5.29. The molecule has 5 nitrogen and oxygen atoms in total. The zero-order chi connectivity index (χ0) is 11.9. The van der Waals surface area contributed by atoms with E-state index in [1.54, 1.807) is 0 Å². The van der Waals surface area contributed by atoms with Gasteiger partial charge >= 0.3 is 0 Å². The molecule has 0 aliphatic heterocycles. The number of aliphatic hydroxyl groups excluding tert-OH is 1. The number of hydrogen-bond donors (Lipinski definition) is 3. The van der Waals surface area contributed by atoms with Crippen molar-refractivity contribution >= 4 is 10.2 Å². The summed E-state index contributed by atoms with van der Waals surface area (Å²) in [6, 6.07) is -0.195. The SMILES string of the molecule is CCC(CCO)NS(=O)(=O)NCC(C)C. The topological polar surface area (TPSA) is 78.4 Å². The zero-order valence-electron chi connectivity index (χ0n) is 9.66. The average Bonchev–Trinajstić information content (AvgIpc) is 2.14. The summed E-state index contributed by atoms with van der Waals surface area (Å²) in [7, 11) is -3.42. The van der Waals surface area contributed by atoms with E-state index < -0.39 is 10.2 Å². The molecule has 0 rings (SSSR count). The lowest BCUT2D eigenvalue weighted by Crippen LogP contribution is -2.43. The van der Waals surface area contributed by atoms with Crippen LogP contribution in [-0.4, -0.2) is 32.7 Å². The van der Waals surface area contributed by atoms with Crippen LogP contribution in [-0.2, 0) is 10.2 Å². The van der Waals surface area contributed by atoms with Crippen molar-refractivity contribution in [3.63, 3.8) is 0 Å². The Morgan fingerprint density at radius 1 is 1.33 bits per heavy atom. The van der Waals surface area contributed by atoms with E-state index in [-0.39, 0.29) is 18.6 Å². The van der Waals surface area contributed by atoms with E-state index in [4.69, 9.17) is 5.11 Å². The molecule has 0 heterocycles. The quantitative estimate of drug-likeness (QED) is 0.566. The summed E-state index contributed by atoms with van der Waals surface area (Å²) in [5.41, 5.74) is 0. The minimum atomic E-state index is -3.42. The molecular formula is C9H22N2O3S. The summed E-state index contributed by atoms with van der Waals surface area (Å²) in [5, 5.41) is 8.73. The van der Waals surface area contributed by atoms with Crippen molar-refractivity contribution in [2.45, 2.75) is 39.7 Å². The fourth-order valence-corrected chi connectivity index (χ4v) is 2.40. The van der Waals surface area contributed by atoms with Crippen LogP contribution in [0.15, 0.2) is 0 Å². The Hall–Kier alpha value is -0.170. The number of nitrogens with one attached hydrogen (secondary N) is 2. The van der Waals surface area contributed by atoms with E-state index in [2.05, 4.69) is 9.44 Å². The van der Waals surface area contributed by atoms with Crippen LogP contribution < -0.4 is 9.44 Å². The standard InChI is InChI=1S/C9H22N2O3S/c1-4-9(5-6-12)11-15(13,14)10-7-8(2)3/h8-12H,4-7H2,1-3H3. The third-order valence-corrected chi connectivity index (χ3v) is 3.16. The third kappa shape index (κ3) is 7.72. The van der Waals surface area contributed by atoms with E-state index in [0.717, 1.165) is 0 Å². The van der Waals surface area contributed by atoms with Crippen LogP contribution in [0.2, 0.25) is 0 Å². The minimum absolute atomic E-state index is 0.00872. The summed E-state index contributed by atoms with van der Waals surface area (Å²) in [6.45, 7) is 6.17. The predicted octanol–water partition coefficient (Wildman–Crippen LogP) is 0.227. The van der Waals surface area contributed by atoms with E-state index in [9.17, 15) is 8.42 Å². The van der Waals surface area contributed by atoms with Crippen LogP contribution in [0.25, 0.3) is 0 Å². The number of aliphatic hydroxyl groups is 1. The van der Waals surface area contributed by atoms with Gasteiger partial charge < -0.3 is 5.11 Å². The number of rotatable bonds is 8. The van der Waals surface area contributed by atoms with Crippen LogP contribution in [0, 0.1) is 5.92 Å². The maximum Gasteiger partial charge on any atom is 0.277 e. The second kappa shape index (κ2) is 7.16. The first-order valence-corrected chi connectivity index (χ1v) is 6.77. The van der Waals surface area contributed by atoms with Crippen molar-refractivity contribution in [1.29, 1.82) is 0 Å². The molecule has 1 atom stereocenters. The third-order valence-electron chi connectivity index (χ3n) is 1.97. The largest absolute Gasteiger partial charge is 0.396 e. The predicted molar refractivity (Wildman–Crippen MR) is 60.7 cm³/mol. The Labute approximate surface area is 92.4 Å². The van der Waals surface area contributed by atoms with E-state index in [0.29, 0.717) is 19.4 Å². The first-order chi connectivity index (χ1) is 6.91. The molecule has 0 fully saturated rings. The monoisotopic (exact) mass is 238 g/mol. The highest BCUT2D eigenvalue weighted by Crippen LogP contribution is 1.98. The second-order valence-electron chi connectivity index (χ2n) is 3.98. The Bertz CT molecular complexity index is 252. The molecule has 0 aliphatic rings. The lowest BCUT2D eigenvalue weighted by Gasteiger charge is -2.16. The van der Waals surface area contributed by atoms with E-state index in [1.807, 2.05) is 20.8 Å². The minimum Gasteiger partial charge on any atom is -0.396 e. The maximum atomic E-state index is 11.5. The van der Waals surface area contributed by atoms with Gasteiger partial charge in [0, 0.05) is 19.2 Å². The Kier molecular flexibility index (Phi) is 7.08. The van der Waals surface area contributed by atoms with Gasteiger partial charge in [-0.05, 0) is 18.8 Å². The van der Waals surface area contributed by atoms with Gasteiger partial charge in [-0.3, -0.25) is 0 Å². The molecule has 0 saturated heterocycles. The molecule has 0 bridgehead atoms. The van der Waals surface area contributed by atoms with Crippen LogP contribution in [0.1, 0.15) is 33.6 Å². The van der Waals surface area contributed by atoms with Crippen molar-refractivity contribution in [2.24, 2.45) is 5.92 Å². The molecule has 1 unspecified atom stereocenters. The highest BCUT2D eigenvalue weighted by Gasteiger charge is 2.15. The van der Waals surface area contributed by atoms with Gasteiger partial charge in [-0.2, -0.15) is 13.1 Å². The van der Waals surface area contributed by atoms with E-state index in [1.165, 1.54) is 0 Å². The van der Waals surface area contributed by atoms with Gasteiger partial charge in [0.2, 0.25) is 0 Å². The summed E-state index contributed by atoms with van der Waals surface area (Å²) >= 11 is 0. The van der Waals surface area contributed by atoms with Gasteiger partial charge in [-0.25, -0.2) is 4.72 Å². The normalized spacial score (nSPS) is 14.5. The van der Waals surface area contributed by atoms with Gasteiger partial charge in [0.15, 0.2) is 0 Å². The molecule has 0 spiro atoms. The van der Waals surface area contributed by atoms with Gasteiger partial charge in [0.05, 0.1) is 0 Å². The molecule has 3 N–H and O–H groups in total. The smallest absolute Gasteiger partial charge is 0.277 e. The van der Waals surface area contributed by atoms with Crippen LogP contribution in [0.5, 0.6) is 0 Å². The van der Waals surface area contributed by atoms with E-state index >= 15 is 0 Å². The summed E-state index contributed by atoms with van der Waals surface area (Å²) in [5.74, 6) is 0.277. The molecule has 0 aromatic heterocycles. The molecule has 15 heavy (non-hydrogen) atoms. The fraction of sp³-hybridized carbons (Fsp3) is 1.00. The lowest BCUT2D eigenvalue weighted by atomic mass is 10.2. The molecule has 0 saturated carbocycles. The molecule has 0 aromatic carbocycles. The Morgan fingerprint density at radius 2 is 1.93 bits per heavy atom. The van der Waals surface area contributed by atoms with Crippen molar-refractivity contribution in [3.05, 3.63) is 0 Å². The van der Waals surface area contributed by atoms with Gasteiger partial charge in [0.25, 0.3) is 10.2 Å². The highest BCUT2D eigenvalue weighted by molar-refractivity contribution is 7.87. The van der Waals surface area contributed by atoms with Crippen molar-refractivity contribution in [2.75, 3.05) is 13.2 Å². The van der Waals surface area contributed by atoms with Gasteiger partial charge in [-0.15, -0.1) is 0 Å². The van der Waals surface area contributed by atoms with Crippen molar-refractivity contribution in [3.8, 4) is 0 Å². The molecule has 0 aliphatic carbocycles. The number of hydrogen-bond acceptors (Lipinski definition) is 3. The lowest BCUT2D eigenvalue weighted by molar-refractivity contribution is 0.270. The van der Waals surface area contributed by atoms with Gasteiger partial charge in [0.1, 0.15) is 0 Å². The van der Waals surface area contributed by atoms with Crippen LogP contribution >= 0.6 is 0 Å². The maximum absolute atomic E-state index is 11.5.